The van der Waals surface area contributed by atoms with Gasteiger partial charge < -0.3 is 23.7 Å². The first-order valence-electron chi connectivity index (χ1n) is 10.4. The molecule has 0 bridgehead atoms. The lowest BCUT2D eigenvalue weighted by Gasteiger charge is -2.26. The third-order valence-electron chi connectivity index (χ3n) is 4.68. The molecule has 0 unspecified atom stereocenters. The van der Waals surface area contributed by atoms with Gasteiger partial charge >= 0.3 is 0 Å². The van der Waals surface area contributed by atoms with Gasteiger partial charge in [0.05, 0.1) is 52.9 Å². The molecule has 0 radical (unpaired) electrons. The Bertz CT molecular complexity index is 532. The van der Waals surface area contributed by atoms with Crippen molar-refractivity contribution in [1.82, 2.24) is 4.90 Å². The third kappa shape index (κ3) is 9.34. The van der Waals surface area contributed by atoms with Crippen LogP contribution in [0.15, 0.2) is 18.2 Å². The molecule has 0 N–H and O–H groups in total. The minimum atomic E-state index is 0.445. The van der Waals surface area contributed by atoms with Crippen molar-refractivity contribution in [1.29, 1.82) is 0 Å². The molecule has 0 atom stereocenters. The van der Waals surface area contributed by atoms with Gasteiger partial charge in [-0.05, 0) is 30.0 Å². The van der Waals surface area contributed by atoms with Gasteiger partial charge in [-0.25, -0.2) is 0 Å². The van der Waals surface area contributed by atoms with E-state index in [1.807, 2.05) is 0 Å². The highest BCUT2D eigenvalue weighted by Gasteiger charge is 2.09. The summed E-state index contributed by atoms with van der Waals surface area (Å²) in [5.74, 6) is 1.41. The summed E-state index contributed by atoms with van der Waals surface area (Å²) in [6.45, 7) is 15.3. The monoisotopic (exact) mass is 395 g/mol. The number of ether oxygens (including phenoxy) is 5. The number of rotatable bonds is 14. The summed E-state index contributed by atoms with van der Waals surface area (Å²) >= 11 is 0. The normalized spacial score (nSPS) is 15.3. The molecule has 1 aliphatic rings. The van der Waals surface area contributed by atoms with Gasteiger partial charge in [-0.15, -0.1) is 0 Å². The fourth-order valence-electron chi connectivity index (χ4n) is 3.01. The Morgan fingerprint density at radius 1 is 0.893 bits per heavy atom. The number of hydrogen-bond donors (Lipinski definition) is 0. The van der Waals surface area contributed by atoms with Crippen LogP contribution in [0.3, 0.4) is 0 Å². The van der Waals surface area contributed by atoms with E-state index in [9.17, 15) is 0 Å². The van der Waals surface area contributed by atoms with Crippen molar-refractivity contribution < 1.29 is 23.7 Å². The number of hydrogen-bond acceptors (Lipinski definition) is 6. The summed E-state index contributed by atoms with van der Waals surface area (Å²) in [5.41, 5.74) is 2.45. The van der Waals surface area contributed by atoms with Crippen molar-refractivity contribution in [3.63, 3.8) is 0 Å². The van der Waals surface area contributed by atoms with E-state index in [1.54, 1.807) is 0 Å². The summed E-state index contributed by atoms with van der Waals surface area (Å²) in [7, 11) is 0. The van der Waals surface area contributed by atoms with Gasteiger partial charge in [-0.2, -0.15) is 0 Å². The van der Waals surface area contributed by atoms with Crippen LogP contribution in [0.25, 0.3) is 0 Å². The van der Waals surface area contributed by atoms with Crippen LogP contribution in [-0.4, -0.2) is 84.0 Å². The first kappa shape index (κ1) is 23.1. The molecule has 28 heavy (non-hydrogen) atoms. The first-order valence-corrected chi connectivity index (χ1v) is 10.4. The van der Waals surface area contributed by atoms with Crippen LogP contribution in [0.2, 0.25) is 0 Å². The molecule has 6 heteroatoms. The minimum Gasteiger partial charge on any atom is -0.491 e. The molecular formula is C22H37NO5. The molecule has 1 aromatic rings. The van der Waals surface area contributed by atoms with Crippen molar-refractivity contribution >= 4 is 0 Å². The van der Waals surface area contributed by atoms with E-state index in [2.05, 4.69) is 43.9 Å². The second-order valence-corrected chi connectivity index (χ2v) is 7.34. The SMILES string of the molecule is Cc1ccc(C(C)C)c(OCCOCCOCCOCCN2CCOCC2)c1. The van der Waals surface area contributed by atoms with Crippen LogP contribution in [0.5, 0.6) is 5.75 Å². The fraction of sp³-hybridized carbons (Fsp3) is 0.727. The molecule has 0 saturated carbocycles. The molecule has 1 aromatic carbocycles. The van der Waals surface area contributed by atoms with Gasteiger partial charge in [-0.1, -0.05) is 26.0 Å². The van der Waals surface area contributed by atoms with Gasteiger partial charge in [0.2, 0.25) is 0 Å². The lowest BCUT2D eigenvalue weighted by molar-refractivity contribution is -0.00453. The Balaban J connectivity index is 1.40. The molecule has 2 rings (SSSR count). The molecular weight excluding hydrogens is 358 g/mol. The number of aryl methyl sites for hydroxylation is 1. The summed E-state index contributed by atoms with van der Waals surface area (Å²) < 4.78 is 27.9. The smallest absolute Gasteiger partial charge is 0.123 e. The summed E-state index contributed by atoms with van der Waals surface area (Å²) in [4.78, 5) is 2.36. The molecule has 1 heterocycles. The molecule has 6 nitrogen and oxygen atoms in total. The van der Waals surface area contributed by atoms with Gasteiger partial charge in [0.15, 0.2) is 0 Å². The Kier molecular flexibility index (Phi) is 11.5. The van der Waals surface area contributed by atoms with Crippen molar-refractivity contribution in [2.45, 2.75) is 26.7 Å². The zero-order chi connectivity index (χ0) is 20.0. The Hall–Kier alpha value is -1.18. The predicted octanol–water partition coefficient (Wildman–Crippen LogP) is 2.88. The van der Waals surface area contributed by atoms with E-state index in [1.165, 1.54) is 11.1 Å². The van der Waals surface area contributed by atoms with E-state index in [4.69, 9.17) is 23.7 Å². The van der Waals surface area contributed by atoms with Crippen LogP contribution in [0.1, 0.15) is 30.9 Å². The van der Waals surface area contributed by atoms with Gasteiger partial charge in [0.25, 0.3) is 0 Å². The van der Waals surface area contributed by atoms with E-state index >= 15 is 0 Å². The average Bonchev–Trinajstić information content (AvgIpc) is 2.69. The lowest BCUT2D eigenvalue weighted by Crippen LogP contribution is -2.38. The maximum atomic E-state index is 5.90. The van der Waals surface area contributed by atoms with Gasteiger partial charge in [0.1, 0.15) is 12.4 Å². The van der Waals surface area contributed by atoms with Gasteiger partial charge in [-0.3, -0.25) is 4.90 Å². The maximum absolute atomic E-state index is 5.90. The minimum absolute atomic E-state index is 0.445. The van der Waals surface area contributed by atoms with E-state index in [0.717, 1.165) is 45.2 Å². The fourth-order valence-corrected chi connectivity index (χ4v) is 3.01. The number of benzene rings is 1. The predicted molar refractivity (Wildman–Crippen MR) is 110 cm³/mol. The van der Waals surface area contributed by atoms with Crippen molar-refractivity contribution in [2.75, 3.05) is 79.1 Å². The van der Waals surface area contributed by atoms with Gasteiger partial charge in [0, 0.05) is 19.6 Å². The van der Waals surface area contributed by atoms with E-state index < -0.39 is 0 Å². The highest BCUT2D eigenvalue weighted by Crippen LogP contribution is 2.27. The Morgan fingerprint density at radius 2 is 1.50 bits per heavy atom. The average molecular weight is 396 g/mol. The van der Waals surface area contributed by atoms with Crippen molar-refractivity contribution in [2.24, 2.45) is 0 Å². The van der Waals surface area contributed by atoms with Crippen LogP contribution in [0.4, 0.5) is 0 Å². The second kappa shape index (κ2) is 13.9. The topological polar surface area (TPSA) is 49.4 Å². The summed E-state index contributed by atoms with van der Waals surface area (Å²) in [6.07, 6.45) is 0. The van der Waals surface area contributed by atoms with Crippen LogP contribution in [-0.2, 0) is 18.9 Å². The maximum Gasteiger partial charge on any atom is 0.123 e. The Morgan fingerprint density at radius 3 is 2.14 bits per heavy atom. The quantitative estimate of drug-likeness (QED) is 0.452. The van der Waals surface area contributed by atoms with Crippen LogP contribution < -0.4 is 4.74 Å². The molecule has 0 aliphatic carbocycles. The summed E-state index contributed by atoms with van der Waals surface area (Å²) in [5, 5.41) is 0. The van der Waals surface area contributed by atoms with Crippen LogP contribution in [0, 0.1) is 6.92 Å². The van der Waals surface area contributed by atoms with E-state index in [-0.39, 0.29) is 0 Å². The number of morpholine rings is 1. The molecule has 0 amide bonds. The zero-order valence-corrected chi connectivity index (χ0v) is 17.8. The molecule has 1 fully saturated rings. The summed E-state index contributed by atoms with van der Waals surface area (Å²) in [6, 6.07) is 6.37. The zero-order valence-electron chi connectivity index (χ0n) is 17.8. The first-order chi connectivity index (χ1) is 13.7. The second-order valence-electron chi connectivity index (χ2n) is 7.34. The largest absolute Gasteiger partial charge is 0.491 e. The Labute approximate surface area is 170 Å². The van der Waals surface area contributed by atoms with Crippen molar-refractivity contribution in [3.8, 4) is 5.75 Å². The molecule has 1 aliphatic heterocycles. The highest BCUT2D eigenvalue weighted by molar-refractivity contribution is 5.39. The molecule has 0 spiro atoms. The molecule has 160 valence electrons. The van der Waals surface area contributed by atoms with E-state index in [0.29, 0.717) is 45.6 Å². The third-order valence-corrected chi connectivity index (χ3v) is 4.68. The number of nitrogens with zero attached hydrogens (tertiary/aromatic N) is 1. The molecule has 0 aromatic heterocycles. The standard InChI is InChI=1S/C22H37NO5/c1-19(2)21-5-4-20(3)18-22(21)28-17-16-27-15-14-26-13-12-25-11-8-23-6-9-24-10-7-23/h4-5,18-19H,6-17H2,1-3H3. The molecule has 1 saturated heterocycles. The lowest BCUT2D eigenvalue weighted by atomic mass is 10.0. The highest BCUT2D eigenvalue weighted by atomic mass is 16.6. The van der Waals surface area contributed by atoms with Crippen molar-refractivity contribution in [3.05, 3.63) is 29.3 Å². The van der Waals surface area contributed by atoms with Crippen LogP contribution >= 0.6 is 0 Å².